The van der Waals surface area contributed by atoms with E-state index < -0.39 is 9.84 Å². The quantitative estimate of drug-likeness (QED) is 0.669. The third-order valence-corrected chi connectivity index (χ3v) is 3.73. The van der Waals surface area contributed by atoms with Crippen LogP contribution in [0.3, 0.4) is 0 Å². The van der Waals surface area contributed by atoms with Crippen molar-refractivity contribution in [2.45, 2.75) is 11.8 Å². The molecule has 1 aromatic heterocycles. The molecule has 0 fully saturated rings. The van der Waals surface area contributed by atoms with Crippen LogP contribution in [0.4, 0.5) is 5.69 Å². The Morgan fingerprint density at radius 1 is 1.37 bits per heavy atom. The molecule has 2 rings (SSSR count). The maximum absolute atomic E-state index is 11.4. The number of nitrogen functional groups attached to an aromatic ring is 1. The van der Waals surface area contributed by atoms with Crippen LogP contribution in [0.25, 0.3) is 5.69 Å². The zero-order valence-corrected chi connectivity index (χ0v) is 11.3. The van der Waals surface area contributed by atoms with Gasteiger partial charge in [-0.3, -0.25) is 4.79 Å². The molecule has 100 valence electrons. The van der Waals surface area contributed by atoms with E-state index in [0.29, 0.717) is 16.9 Å². The summed E-state index contributed by atoms with van der Waals surface area (Å²) in [6.07, 6.45) is 3.78. The van der Waals surface area contributed by atoms with Crippen LogP contribution < -0.4 is 5.73 Å². The van der Waals surface area contributed by atoms with Gasteiger partial charge >= 0.3 is 0 Å². The van der Waals surface area contributed by atoms with Gasteiger partial charge in [-0.15, -0.1) is 0 Å². The van der Waals surface area contributed by atoms with Crippen LogP contribution in [0.5, 0.6) is 0 Å². The van der Waals surface area contributed by atoms with E-state index in [4.69, 9.17) is 5.73 Å². The van der Waals surface area contributed by atoms with Gasteiger partial charge in [-0.1, -0.05) is 0 Å². The molecule has 6 nitrogen and oxygen atoms in total. The molecule has 19 heavy (non-hydrogen) atoms. The summed E-state index contributed by atoms with van der Waals surface area (Å²) in [5.74, 6) is -0.124. The summed E-state index contributed by atoms with van der Waals surface area (Å²) >= 11 is 0. The van der Waals surface area contributed by atoms with Gasteiger partial charge in [0.15, 0.2) is 15.6 Å². The number of ketones is 1. The summed E-state index contributed by atoms with van der Waals surface area (Å²) < 4.78 is 24.1. The number of aromatic nitrogens is 2. The van der Waals surface area contributed by atoms with Gasteiger partial charge in [0.1, 0.15) is 4.90 Å². The molecule has 1 aromatic carbocycles. The van der Waals surface area contributed by atoms with Crippen molar-refractivity contribution in [3.63, 3.8) is 0 Å². The van der Waals surface area contributed by atoms with Crippen molar-refractivity contribution in [1.29, 1.82) is 0 Å². The van der Waals surface area contributed by atoms with Gasteiger partial charge < -0.3 is 5.73 Å². The summed E-state index contributed by atoms with van der Waals surface area (Å²) in [4.78, 5) is 11.4. The van der Waals surface area contributed by atoms with E-state index in [1.54, 1.807) is 18.2 Å². The lowest BCUT2D eigenvalue weighted by atomic mass is 10.1. The summed E-state index contributed by atoms with van der Waals surface area (Å²) in [5.41, 5.74) is 7.13. The van der Waals surface area contributed by atoms with Gasteiger partial charge in [-0.25, -0.2) is 13.1 Å². The Kier molecular flexibility index (Phi) is 3.15. The Balaban J connectivity index is 2.46. The maximum Gasteiger partial charge on any atom is 0.178 e. The minimum atomic E-state index is -3.29. The van der Waals surface area contributed by atoms with Crippen molar-refractivity contribution in [2.75, 3.05) is 12.0 Å². The monoisotopic (exact) mass is 279 g/mol. The lowest BCUT2D eigenvalue weighted by Crippen LogP contribution is -2.02. The molecule has 0 saturated heterocycles. The van der Waals surface area contributed by atoms with Crippen LogP contribution in [-0.4, -0.2) is 30.2 Å². The second-order valence-electron chi connectivity index (χ2n) is 4.22. The van der Waals surface area contributed by atoms with Crippen LogP contribution in [0.1, 0.15) is 17.3 Å². The molecule has 1 heterocycles. The normalized spacial score (nSPS) is 11.5. The van der Waals surface area contributed by atoms with E-state index in [1.165, 1.54) is 24.0 Å². The number of carbonyl (C=O) groups is 1. The Hall–Kier alpha value is -2.15. The zero-order chi connectivity index (χ0) is 14.2. The molecule has 0 aliphatic heterocycles. The summed E-state index contributed by atoms with van der Waals surface area (Å²) in [7, 11) is -3.29. The molecule has 0 unspecified atom stereocenters. The van der Waals surface area contributed by atoms with Crippen molar-refractivity contribution < 1.29 is 13.2 Å². The molecule has 0 aliphatic carbocycles. The average molecular weight is 279 g/mol. The molecule has 0 spiro atoms. The highest BCUT2D eigenvalue weighted by molar-refractivity contribution is 7.90. The number of sulfone groups is 1. The van der Waals surface area contributed by atoms with E-state index in [-0.39, 0.29) is 10.7 Å². The van der Waals surface area contributed by atoms with Crippen LogP contribution in [0, 0.1) is 0 Å². The number of nitrogens with two attached hydrogens (primary N) is 1. The lowest BCUT2D eigenvalue weighted by Gasteiger charge is -2.05. The Labute approximate surface area is 110 Å². The number of hydrogen-bond donors (Lipinski definition) is 1. The number of hydrogen-bond acceptors (Lipinski definition) is 5. The number of anilines is 1. The van der Waals surface area contributed by atoms with Crippen LogP contribution >= 0.6 is 0 Å². The van der Waals surface area contributed by atoms with E-state index in [2.05, 4.69) is 5.10 Å². The molecule has 0 amide bonds. The fourth-order valence-corrected chi connectivity index (χ4v) is 2.18. The molecule has 2 N–H and O–H groups in total. The van der Waals surface area contributed by atoms with Crippen LogP contribution in [0.2, 0.25) is 0 Å². The predicted octanol–water partition coefficient (Wildman–Crippen LogP) is 1.06. The van der Waals surface area contributed by atoms with Crippen molar-refractivity contribution in [3.05, 3.63) is 36.2 Å². The smallest absolute Gasteiger partial charge is 0.178 e. The van der Waals surface area contributed by atoms with E-state index in [1.807, 2.05) is 0 Å². The largest absolute Gasteiger partial charge is 0.398 e. The number of nitrogens with zero attached hydrogens (tertiary/aromatic N) is 2. The highest BCUT2D eigenvalue weighted by Crippen LogP contribution is 2.18. The number of carbonyl (C=O) groups excluding carboxylic acids is 1. The van der Waals surface area contributed by atoms with Gasteiger partial charge in [0.05, 0.1) is 11.9 Å². The summed E-state index contributed by atoms with van der Waals surface area (Å²) in [6, 6.07) is 4.83. The third-order valence-electron chi connectivity index (χ3n) is 2.67. The highest BCUT2D eigenvalue weighted by Gasteiger charge is 2.12. The first kappa shape index (κ1) is 13.3. The van der Waals surface area contributed by atoms with Crippen LogP contribution in [0.15, 0.2) is 35.5 Å². The number of benzene rings is 1. The molecule has 2 aromatic rings. The van der Waals surface area contributed by atoms with Crippen molar-refractivity contribution >= 4 is 21.3 Å². The van der Waals surface area contributed by atoms with Gasteiger partial charge in [-0.05, 0) is 25.1 Å². The molecule has 0 aliphatic rings. The molecule has 0 radical (unpaired) electrons. The van der Waals surface area contributed by atoms with E-state index in [9.17, 15) is 13.2 Å². The van der Waals surface area contributed by atoms with Crippen molar-refractivity contribution in [1.82, 2.24) is 9.78 Å². The van der Waals surface area contributed by atoms with Gasteiger partial charge in [0.25, 0.3) is 0 Å². The standard InChI is InChI=1S/C12H13N3O3S/c1-8(16)11-4-3-9(5-12(11)13)15-7-10(6-14-15)19(2,17)18/h3-7H,13H2,1-2H3. The maximum atomic E-state index is 11.4. The minimum Gasteiger partial charge on any atom is -0.398 e. The van der Waals surface area contributed by atoms with Gasteiger partial charge in [0, 0.05) is 23.7 Å². The number of rotatable bonds is 3. The molecule has 0 bridgehead atoms. The molecular formula is C12H13N3O3S. The Morgan fingerprint density at radius 2 is 2.05 bits per heavy atom. The summed E-state index contributed by atoms with van der Waals surface area (Å²) in [5, 5.41) is 3.97. The SMILES string of the molecule is CC(=O)c1ccc(-n2cc(S(C)(=O)=O)cn2)cc1N. The Morgan fingerprint density at radius 3 is 2.53 bits per heavy atom. The third kappa shape index (κ3) is 2.65. The second kappa shape index (κ2) is 4.51. The predicted molar refractivity (Wildman–Crippen MR) is 71.1 cm³/mol. The first-order chi connectivity index (χ1) is 8.79. The second-order valence-corrected chi connectivity index (χ2v) is 6.24. The minimum absolute atomic E-state index is 0.124. The highest BCUT2D eigenvalue weighted by atomic mass is 32.2. The zero-order valence-electron chi connectivity index (χ0n) is 10.5. The molecular weight excluding hydrogens is 266 g/mol. The number of Topliss-reactive ketones (excluding diaryl/α,β-unsaturated/α-hetero) is 1. The van der Waals surface area contributed by atoms with Gasteiger partial charge in [0.2, 0.25) is 0 Å². The lowest BCUT2D eigenvalue weighted by molar-refractivity contribution is 0.101. The first-order valence-corrected chi connectivity index (χ1v) is 7.34. The average Bonchev–Trinajstić information content (AvgIpc) is 2.76. The van der Waals surface area contributed by atoms with E-state index >= 15 is 0 Å². The molecule has 0 saturated carbocycles. The van der Waals surface area contributed by atoms with Gasteiger partial charge in [-0.2, -0.15) is 5.10 Å². The van der Waals surface area contributed by atoms with Crippen molar-refractivity contribution in [3.8, 4) is 5.69 Å². The topological polar surface area (TPSA) is 95.0 Å². The van der Waals surface area contributed by atoms with Crippen molar-refractivity contribution in [2.24, 2.45) is 0 Å². The van der Waals surface area contributed by atoms with Crippen LogP contribution in [-0.2, 0) is 9.84 Å². The van der Waals surface area contributed by atoms with E-state index in [0.717, 1.165) is 6.26 Å². The fraction of sp³-hybridized carbons (Fsp3) is 0.167. The fourth-order valence-electron chi connectivity index (χ4n) is 1.65. The Bertz CT molecular complexity index is 747. The molecule has 7 heteroatoms. The first-order valence-electron chi connectivity index (χ1n) is 5.44. The summed E-state index contributed by atoms with van der Waals surface area (Å²) in [6.45, 7) is 1.43. The molecule has 0 atom stereocenters.